The van der Waals surface area contributed by atoms with Crippen LogP contribution in [0.1, 0.15) is 84.0 Å². The van der Waals surface area contributed by atoms with Gasteiger partial charge in [-0.15, -0.1) is 0 Å². The van der Waals surface area contributed by atoms with Crippen molar-refractivity contribution in [2.24, 2.45) is 5.92 Å². The first-order valence-electron chi connectivity index (χ1n) is 11.6. The van der Waals surface area contributed by atoms with Crippen LogP contribution in [0.4, 0.5) is 13.2 Å². The normalized spacial score (nSPS) is 25.9. The van der Waals surface area contributed by atoms with Gasteiger partial charge in [0, 0.05) is 18.2 Å². The zero-order chi connectivity index (χ0) is 23.5. The zero-order valence-electron chi connectivity index (χ0n) is 18.9. The van der Waals surface area contributed by atoms with E-state index in [1.165, 1.54) is 6.92 Å². The van der Waals surface area contributed by atoms with Crippen molar-refractivity contribution in [1.82, 2.24) is 10.2 Å². The second-order valence-electron chi connectivity index (χ2n) is 9.26. The maximum Gasteiger partial charge on any atom is 0.425 e. The van der Waals surface area contributed by atoms with Gasteiger partial charge in [0.15, 0.2) is 0 Å². The molecule has 9 heteroatoms. The SMILES string of the molecule is COC(=O)C1=C(C)N(C2CCCCC2)C(=O)[C@@]1(NC(=O)CCC1CCCCC1)C(F)(F)F. The van der Waals surface area contributed by atoms with E-state index in [0.717, 1.165) is 63.4 Å². The van der Waals surface area contributed by atoms with Gasteiger partial charge in [0.25, 0.3) is 5.91 Å². The van der Waals surface area contributed by atoms with Crippen LogP contribution in [0.5, 0.6) is 0 Å². The average molecular weight is 459 g/mol. The van der Waals surface area contributed by atoms with Crippen molar-refractivity contribution in [2.45, 2.75) is 102 Å². The maximum atomic E-state index is 14.6. The van der Waals surface area contributed by atoms with Crippen molar-refractivity contribution in [1.29, 1.82) is 0 Å². The van der Waals surface area contributed by atoms with Crippen molar-refractivity contribution >= 4 is 17.8 Å². The number of hydrogen-bond acceptors (Lipinski definition) is 4. The van der Waals surface area contributed by atoms with Gasteiger partial charge in [-0.25, -0.2) is 4.79 Å². The van der Waals surface area contributed by atoms with E-state index >= 15 is 0 Å². The lowest BCUT2D eigenvalue weighted by molar-refractivity contribution is -0.196. The molecule has 3 rings (SSSR count). The van der Waals surface area contributed by atoms with E-state index in [9.17, 15) is 27.6 Å². The van der Waals surface area contributed by atoms with Gasteiger partial charge in [-0.3, -0.25) is 9.59 Å². The van der Waals surface area contributed by atoms with Crippen LogP contribution < -0.4 is 5.32 Å². The molecule has 180 valence electrons. The lowest BCUT2D eigenvalue weighted by Crippen LogP contribution is -2.66. The second-order valence-corrected chi connectivity index (χ2v) is 9.26. The number of ether oxygens (including phenoxy) is 1. The molecule has 3 aliphatic rings. The second kappa shape index (κ2) is 9.83. The fraction of sp³-hybridized carbons (Fsp3) is 0.783. The largest absolute Gasteiger partial charge is 0.466 e. The Bertz CT molecular complexity index is 768. The standard InChI is InChI=1S/C23H33F3N2O4/c1-15-19(20(30)32-2)22(23(24,25)26,21(31)28(15)17-11-7-4-8-12-17)27-18(29)14-13-16-9-5-3-6-10-16/h16-17H,3-14H2,1-2H3,(H,27,29)/t22-/m1/s1. The van der Waals surface area contributed by atoms with E-state index in [-0.39, 0.29) is 12.1 Å². The van der Waals surface area contributed by atoms with E-state index in [4.69, 9.17) is 0 Å². The summed E-state index contributed by atoms with van der Waals surface area (Å²) >= 11 is 0. The highest BCUT2D eigenvalue weighted by molar-refractivity contribution is 6.10. The third kappa shape index (κ3) is 4.53. The Morgan fingerprint density at radius 2 is 1.62 bits per heavy atom. The third-order valence-electron chi connectivity index (χ3n) is 7.22. The molecule has 6 nitrogen and oxygen atoms in total. The molecule has 0 spiro atoms. The zero-order valence-corrected chi connectivity index (χ0v) is 18.9. The molecule has 1 heterocycles. The number of allylic oxidation sites excluding steroid dienone is 1. The van der Waals surface area contributed by atoms with E-state index in [1.54, 1.807) is 0 Å². The molecule has 1 atom stereocenters. The van der Waals surface area contributed by atoms with Gasteiger partial charge in [0.2, 0.25) is 11.4 Å². The molecule has 1 aliphatic heterocycles. The highest BCUT2D eigenvalue weighted by atomic mass is 19.4. The molecule has 0 unspecified atom stereocenters. The van der Waals surface area contributed by atoms with Crippen LogP contribution in [0, 0.1) is 5.92 Å². The minimum atomic E-state index is -5.20. The number of rotatable bonds is 6. The first-order valence-corrected chi connectivity index (χ1v) is 11.6. The van der Waals surface area contributed by atoms with E-state index in [2.05, 4.69) is 4.74 Å². The summed E-state index contributed by atoms with van der Waals surface area (Å²) in [7, 11) is 0.975. The maximum absolute atomic E-state index is 14.6. The minimum Gasteiger partial charge on any atom is -0.466 e. The van der Waals surface area contributed by atoms with Gasteiger partial charge in [0.1, 0.15) is 5.57 Å². The molecule has 0 aromatic rings. The number of carbonyl (C=O) groups excluding carboxylic acids is 3. The molecule has 0 bridgehead atoms. The monoisotopic (exact) mass is 458 g/mol. The highest BCUT2D eigenvalue weighted by Crippen LogP contribution is 2.47. The van der Waals surface area contributed by atoms with E-state index in [0.29, 0.717) is 25.2 Å². The molecule has 2 fully saturated rings. The van der Waals surface area contributed by atoms with Crippen molar-refractivity contribution < 1.29 is 32.3 Å². The van der Waals surface area contributed by atoms with E-state index < -0.39 is 41.1 Å². The van der Waals surface area contributed by atoms with Gasteiger partial charge in [-0.1, -0.05) is 51.4 Å². The van der Waals surface area contributed by atoms with Crippen LogP contribution in [-0.2, 0) is 19.1 Å². The third-order valence-corrected chi connectivity index (χ3v) is 7.22. The van der Waals surface area contributed by atoms with Gasteiger partial charge in [-0.2, -0.15) is 13.2 Å². The van der Waals surface area contributed by atoms with Crippen LogP contribution in [0.3, 0.4) is 0 Å². The van der Waals surface area contributed by atoms with Crippen LogP contribution in [0.15, 0.2) is 11.3 Å². The smallest absolute Gasteiger partial charge is 0.425 e. The fourth-order valence-corrected chi connectivity index (χ4v) is 5.55. The van der Waals surface area contributed by atoms with Crippen LogP contribution in [0.2, 0.25) is 0 Å². The molecule has 2 aliphatic carbocycles. The van der Waals surface area contributed by atoms with Crippen molar-refractivity contribution in [3.05, 3.63) is 11.3 Å². The Balaban J connectivity index is 1.92. The van der Waals surface area contributed by atoms with Gasteiger partial charge >= 0.3 is 12.1 Å². The predicted octanol–water partition coefficient (Wildman–Crippen LogP) is 4.39. The molecule has 0 saturated heterocycles. The topological polar surface area (TPSA) is 75.7 Å². The number of methoxy groups -OCH3 is 1. The van der Waals surface area contributed by atoms with Crippen LogP contribution >= 0.6 is 0 Å². The van der Waals surface area contributed by atoms with Crippen molar-refractivity contribution in [3.63, 3.8) is 0 Å². The van der Waals surface area contributed by atoms with Crippen LogP contribution in [-0.4, -0.2) is 47.6 Å². The first-order chi connectivity index (χ1) is 15.1. The summed E-state index contributed by atoms with van der Waals surface area (Å²) in [6.07, 6.45) is 3.97. The number of alkyl halides is 3. The summed E-state index contributed by atoms with van der Waals surface area (Å²) in [5, 5.41) is 1.97. The molecular formula is C23H33F3N2O4. The summed E-state index contributed by atoms with van der Waals surface area (Å²) < 4.78 is 48.4. The van der Waals surface area contributed by atoms with Crippen molar-refractivity contribution in [3.8, 4) is 0 Å². The number of esters is 1. The quantitative estimate of drug-likeness (QED) is 0.599. The molecule has 32 heavy (non-hydrogen) atoms. The summed E-state index contributed by atoms with van der Waals surface area (Å²) in [4.78, 5) is 39.7. The van der Waals surface area contributed by atoms with Crippen LogP contribution in [0.25, 0.3) is 0 Å². The molecule has 0 aromatic heterocycles. The summed E-state index contributed by atoms with van der Waals surface area (Å²) in [6.45, 7) is 1.33. The molecule has 2 saturated carbocycles. The fourth-order valence-electron chi connectivity index (χ4n) is 5.55. The number of hydrogen-bond donors (Lipinski definition) is 1. The van der Waals surface area contributed by atoms with Crippen molar-refractivity contribution in [2.75, 3.05) is 7.11 Å². The predicted molar refractivity (Wildman–Crippen MR) is 111 cm³/mol. The molecular weight excluding hydrogens is 425 g/mol. The summed E-state index contributed by atoms with van der Waals surface area (Å²) in [5.74, 6) is -3.13. The summed E-state index contributed by atoms with van der Waals surface area (Å²) in [6, 6.07) is -0.431. The van der Waals surface area contributed by atoms with Gasteiger partial charge in [0.05, 0.1) is 7.11 Å². The van der Waals surface area contributed by atoms with Gasteiger partial charge < -0.3 is 15.0 Å². The Morgan fingerprint density at radius 1 is 1.06 bits per heavy atom. The highest BCUT2D eigenvalue weighted by Gasteiger charge is 2.71. The number of amides is 2. The molecule has 1 N–H and O–H groups in total. The first kappa shape index (κ1) is 24.6. The molecule has 0 aromatic carbocycles. The molecule has 2 amide bonds. The number of nitrogens with one attached hydrogen (secondary N) is 1. The number of nitrogens with zero attached hydrogens (tertiary/aromatic N) is 1. The lowest BCUT2D eigenvalue weighted by Gasteiger charge is -2.36. The molecule has 0 radical (unpaired) electrons. The average Bonchev–Trinajstić information content (AvgIpc) is 3.00. The summed E-state index contributed by atoms with van der Waals surface area (Å²) in [5.41, 5.74) is -4.32. The Labute approximate surface area is 186 Å². The Kier molecular flexibility index (Phi) is 7.55. The number of carbonyl (C=O) groups is 3. The van der Waals surface area contributed by atoms with E-state index in [1.807, 2.05) is 5.32 Å². The Morgan fingerprint density at radius 3 is 2.16 bits per heavy atom. The minimum absolute atomic E-state index is 0.0846. The van der Waals surface area contributed by atoms with Gasteiger partial charge in [-0.05, 0) is 32.1 Å². The Hall–Kier alpha value is -2.06. The number of halogens is 3. The lowest BCUT2D eigenvalue weighted by atomic mass is 9.85.